The fraction of sp³-hybridized carbons (Fsp3) is 0.862. The lowest BCUT2D eigenvalue weighted by molar-refractivity contribution is -0.173. The summed E-state index contributed by atoms with van der Waals surface area (Å²) in [6.45, 7) is 11.0. The van der Waals surface area contributed by atoms with Gasteiger partial charge in [-0.1, -0.05) is 20.8 Å². The molecule has 3 fully saturated rings. The topological polar surface area (TPSA) is 124 Å². The van der Waals surface area contributed by atoms with E-state index < -0.39 is 46.3 Å². The second-order valence-corrected chi connectivity index (χ2v) is 13.5. The zero-order chi connectivity index (χ0) is 26.8. The van der Waals surface area contributed by atoms with E-state index in [0.717, 1.165) is 24.8 Å². The van der Waals surface area contributed by atoms with Gasteiger partial charge in [-0.2, -0.15) is 0 Å². The van der Waals surface area contributed by atoms with Gasteiger partial charge in [-0.15, -0.1) is 0 Å². The number of fused-ring (bicyclic) bond motifs is 5. The molecule has 0 aromatic heterocycles. The van der Waals surface area contributed by atoms with Crippen LogP contribution in [0, 0.1) is 34.5 Å². The van der Waals surface area contributed by atoms with Gasteiger partial charge < -0.3 is 25.2 Å². The summed E-state index contributed by atoms with van der Waals surface area (Å²) >= 11 is 0. The number of carbonyl (C=O) groups excluding carboxylic acids is 2. The van der Waals surface area contributed by atoms with Gasteiger partial charge in [-0.05, 0) is 100 Å². The fourth-order valence-corrected chi connectivity index (χ4v) is 8.61. The van der Waals surface area contributed by atoms with Crippen LogP contribution in [0.4, 0.5) is 0 Å². The first-order valence-electron chi connectivity index (χ1n) is 13.8. The second-order valence-electron chi connectivity index (χ2n) is 13.5. The van der Waals surface area contributed by atoms with Gasteiger partial charge >= 0.3 is 5.97 Å². The Hall–Kier alpha value is -1.28. The third-order valence-corrected chi connectivity index (χ3v) is 10.8. The van der Waals surface area contributed by atoms with E-state index in [1.165, 1.54) is 6.92 Å². The summed E-state index contributed by atoms with van der Waals surface area (Å²) < 4.78 is 5.34. The quantitative estimate of drug-likeness (QED) is 0.408. The summed E-state index contributed by atoms with van der Waals surface area (Å²) in [5, 5.41) is 44.3. The van der Waals surface area contributed by atoms with Crippen LogP contribution in [0.15, 0.2) is 11.6 Å². The van der Waals surface area contributed by atoms with Crippen LogP contribution in [0.25, 0.3) is 0 Å². The zero-order valence-electron chi connectivity index (χ0n) is 22.8. The van der Waals surface area contributed by atoms with Crippen molar-refractivity contribution in [3.8, 4) is 0 Å². The molecule has 0 heterocycles. The molecule has 204 valence electrons. The molecule has 4 N–H and O–H groups in total. The van der Waals surface area contributed by atoms with Crippen molar-refractivity contribution >= 4 is 11.8 Å². The number of rotatable bonds is 6. The Morgan fingerprint density at radius 3 is 2.50 bits per heavy atom. The predicted octanol–water partition coefficient (Wildman–Crippen LogP) is 3.31. The lowest BCUT2D eigenvalue weighted by atomic mass is 9.46. The van der Waals surface area contributed by atoms with Crippen LogP contribution < -0.4 is 0 Å². The Morgan fingerprint density at radius 2 is 1.89 bits per heavy atom. The molecule has 0 saturated heterocycles. The number of esters is 1. The minimum absolute atomic E-state index is 0.0274. The molecule has 3 saturated carbocycles. The van der Waals surface area contributed by atoms with Crippen molar-refractivity contribution in [3.05, 3.63) is 11.6 Å². The molecular weight excluding hydrogens is 460 g/mol. The van der Waals surface area contributed by atoms with Crippen LogP contribution in [-0.4, -0.2) is 61.7 Å². The number of hydrogen-bond acceptors (Lipinski definition) is 7. The van der Waals surface area contributed by atoms with Crippen LogP contribution >= 0.6 is 0 Å². The Labute approximate surface area is 215 Å². The molecule has 0 bridgehead atoms. The molecule has 4 aliphatic carbocycles. The summed E-state index contributed by atoms with van der Waals surface area (Å²) in [6.07, 6.45) is 4.14. The molecule has 7 heteroatoms. The smallest absolute Gasteiger partial charge is 0.302 e. The summed E-state index contributed by atoms with van der Waals surface area (Å²) in [5.74, 6) is -0.848. The molecule has 0 aromatic rings. The van der Waals surface area contributed by atoms with E-state index in [0.29, 0.717) is 32.1 Å². The van der Waals surface area contributed by atoms with E-state index in [2.05, 4.69) is 13.8 Å². The molecular formula is C29H46O7. The largest absolute Gasteiger partial charge is 0.460 e. The molecule has 10 unspecified atom stereocenters. The van der Waals surface area contributed by atoms with Crippen LogP contribution in [-0.2, 0) is 14.3 Å². The maximum absolute atomic E-state index is 13.5. The third-order valence-electron chi connectivity index (χ3n) is 10.8. The Kier molecular flexibility index (Phi) is 7.07. The Morgan fingerprint density at radius 1 is 1.22 bits per heavy atom. The molecule has 10 atom stereocenters. The first kappa shape index (κ1) is 27.7. The third kappa shape index (κ3) is 4.38. The monoisotopic (exact) mass is 506 g/mol. The molecule has 36 heavy (non-hydrogen) atoms. The number of ether oxygens (including phenoxy) is 1. The molecule has 4 rings (SSSR count). The van der Waals surface area contributed by atoms with Crippen molar-refractivity contribution in [1.29, 1.82) is 0 Å². The van der Waals surface area contributed by atoms with Crippen molar-refractivity contribution < 1.29 is 34.8 Å². The maximum Gasteiger partial charge on any atom is 0.302 e. The first-order valence-corrected chi connectivity index (χ1v) is 13.8. The number of carbonyl (C=O) groups is 2. The average molecular weight is 507 g/mol. The van der Waals surface area contributed by atoms with Gasteiger partial charge in [-0.25, -0.2) is 0 Å². The first-order chi connectivity index (χ1) is 16.5. The van der Waals surface area contributed by atoms with Gasteiger partial charge in [0.2, 0.25) is 0 Å². The highest BCUT2D eigenvalue weighted by Gasteiger charge is 2.67. The van der Waals surface area contributed by atoms with Crippen LogP contribution in [0.1, 0.15) is 92.9 Å². The van der Waals surface area contributed by atoms with Gasteiger partial charge in [-0.3, -0.25) is 9.59 Å². The van der Waals surface area contributed by atoms with Crippen molar-refractivity contribution in [3.63, 3.8) is 0 Å². The minimum Gasteiger partial charge on any atom is -0.460 e. The van der Waals surface area contributed by atoms with E-state index in [1.807, 2.05) is 6.92 Å². The zero-order valence-corrected chi connectivity index (χ0v) is 22.8. The van der Waals surface area contributed by atoms with Crippen LogP contribution in [0.5, 0.6) is 0 Å². The SMILES string of the molecule is CC(=O)OC1CC2C(=O)C=C3C(CCC4(C)C(C(C)C(O)CCC(C)(C)O)CCC34O)C2(C)CC1O. The minimum atomic E-state index is -1.13. The molecule has 7 nitrogen and oxygen atoms in total. The van der Waals surface area contributed by atoms with E-state index >= 15 is 0 Å². The standard InChI is InChI=1S/C29H46O7/c1-16(22(31)9-10-26(3,4)34)18-8-12-29(35)20-13-23(32)21-14-25(36-17(2)30)24(33)15-27(21,5)19(20)7-11-28(18,29)6/h13,16,18-19,21-22,24-25,31,33-35H,7-12,14-15H2,1-6H3. The Balaban J connectivity index is 1.61. The number of aliphatic hydroxyl groups excluding tert-OH is 2. The lowest BCUT2D eigenvalue weighted by Gasteiger charge is -2.60. The fourth-order valence-electron chi connectivity index (χ4n) is 8.61. The molecule has 0 spiro atoms. The van der Waals surface area contributed by atoms with Gasteiger partial charge in [0.25, 0.3) is 0 Å². The lowest BCUT2D eigenvalue weighted by Crippen LogP contribution is -2.61. The van der Waals surface area contributed by atoms with E-state index in [1.54, 1.807) is 19.9 Å². The predicted molar refractivity (Wildman–Crippen MR) is 135 cm³/mol. The summed E-state index contributed by atoms with van der Waals surface area (Å²) in [6, 6.07) is 0. The highest BCUT2D eigenvalue weighted by Crippen LogP contribution is 2.68. The van der Waals surface area contributed by atoms with Gasteiger partial charge in [0, 0.05) is 18.3 Å². The van der Waals surface area contributed by atoms with Crippen molar-refractivity contribution in [1.82, 2.24) is 0 Å². The highest BCUT2D eigenvalue weighted by molar-refractivity contribution is 5.95. The summed E-state index contributed by atoms with van der Waals surface area (Å²) in [4.78, 5) is 25.0. The second kappa shape index (κ2) is 9.18. The number of aliphatic hydroxyl groups is 4. The van der Waals surface area contributed by atoms with Gasteiger partial charge in [0.05, 0.1) is 23.4 Å². The Bertz CT molecular complexity index is 921. The van der Waals surface area contributed by atoms with E-state index in [-0.39, 0.29) is 29.5 Å². The summed E-state index contributed by atoms with van der Waals surface area (Å²) in [7, 11) is 0. The number of ketones is 1. The molecule has 0 aliphatic heterocycles. The highest BCUT2D eigenvalue weighted by atomic mass is 16.6. The van der Waals surface area contributed by atoms with Crippen molar-refractivity contribution in [2.24, 2.45) is 34.5 Å². The summed E-state index contributed by atoms with van der Waals surface area (Å²) in [5.41, 5.74) is -2.14. The van der Waals surface area contributed by atoms with Crippen molar-refractivity contribution in [2.75, 3.05) is 0 Å². The van der Waals surface area contributed by atoms with Gasteiger partial charge in [0.1, 0.15) is 6.10 Å². The van der Waals surface area contributed by atoms with Crippen molar-refractivity contribution in [2.45, 2.75) is 122 Å². The van der Waals surface area contributed by atoms with Crippen LogP contribution in [0.2, 0.25) is 0 Å². The van der Waals surface area contributed by atoms with E-state index in [4.69, 9.17) is 4.74 Å². The molecule has 0 radical (unpaired) electrons. The average Bonchev–Trinajstić information content (AvgIpc) is 3.04. The van der Waals surface area contributed by atoms with Crippen LogP contribution in [0.3, 0.4) is 0 Å². The maximum atomic E-state index is 13.5. The number of allylic oxidation sites excluding steroid dienone is 1. The molecule has 0 amide bonds. The van der Waals surface area contributed by atoms with Gasteiger partial charge in [0.15, 0.2) is 5.78 Å². The molecule has 4 aliphatic rings. The number of hydrogen-bond donors (Lipinski definition) is 4. The molecule has 0 aromatic carbocycles. The normalized spacial score (nSPS) is 44.1. The van der Waals surface area contributed by atoms with E-state index in [9.17, 15) is 30.0 Å².